The quantitative estimate of drug-likeness (QED) is 0.719. The van der Waals surface area contributed by atoms with Crippen molar-refractivity contribution in [2.45, 2.75) is 52.4 Å². The molecule has 0 aromatic rings. The molecule has 3 nitrogen and oxygen atoms in total. The Bertz CT molecular complexity index is 315. The average Bonchev–Trinajstić information content (AvgIpc) is 2.13. The first kappa shape index (κ1) is 14.3. The van der Waals surface area contributed by atoms with Gasteiger partial charge >= 0.3 is 6.18 Å². The van der Waals surface area contributed by atoms with E-state index in [0.717, 1.165) is 0 Å². The van der Waals surface area contributed by atoms with Gasteiger partial charge in [-0.15, -0.1) is 0 Å². The van der Waals surface area contributed by atoms with Gasteiger partial charge in [-0.3, -0.25) is 0 Å². The normalized spacial score (nSPS) is 20.8. The van der Waals surface area contributed by atoms with Crippen LogP contribution in [0.3, 0.4) is 0 Å². The molecule has 0 saturated heterocycles. The summed E-state index contributed by atoms with van der Waals surface area (Å²) in [5.74, 6) is 0.668. The number of hydrogen-bond donors (Lipinski definition) is 1. The number of hydrogen-bond acceptors (Lipinski definition) is 2. The summed E-state index contributed by atoms with van der Waals surface area (Å²) in [6.07, 6.45) is -4.20. The molecule has 1 heterocycles. The monoisotopic (exact) mass is 252 g/mol. The van der Waals surface area contributed by atoms with Gasteiger partial charge in [0.2, 0.25) is 5.84 Å². The van der Waals surface area contributed by atoms with Crippen molar-refractivity contribution in [3.8, 4) is 0 Å². The highest BCUT2D eigenvalue weighted by Gasteiger charge is 2.45. The predicted molar refractivity (Wildman–Crippen MR) is 60.9 cm³/mol. The molecule has 1 N–H and O–H groups in total. The van der Waals surface area contributed by atoms with Gasteiger partial charge in [0.25, 0.3) is 0 Å². The highest BCUT2D eigenvalue weighted by molar-refractivity contribution is 5.75. The van der Waals surface area contributed by atoms with Gasteiger partial charge in [0, 0.05) is 6.92 Å². The van der Waals surface area contributed by atoms with Crippen molar-refractivity contribution in [2.24, 2.45) is 0 Å². The molecule has 1 rings (SSSR count). The van der Waals surface area contributed by atoms with E-state index in [2.05, 4.69) is 5.32 Å². The van der Waals surface area contributed by atoms with E-state index in [4.69, 9.17) is 0 Å². The van der Waals surface area contributed by atoms with Crippen LogP contribution in [0.25, 0.3) is 0 Å². The predicted octanol–water partition coefficient (Wildman–Crippen LogP) is 1.99. The van der Waals surface area contributed by atoms with E-state index in [1.165, 1.54) is 11.5 Å². The molecule has 0 bridgehead atoms. The van der Waals surface area contributed by atoms with Crippen LogP contribution in [-0.4, -0.2) is 46.4 Å². The molecule has 0 amide bonds. The summed E-state index contributed by atoms with van der Waals surface area (Å²) in [6, 6.07) is -1.47. The van der Waals surface area contributed by atoms with Gasteiger partial charge in [0.05, 0.1) is 5.54 Å². The summed E-state index contributed by atoms with van der Waals surface area (Å²) >= 11 is 0. The van der Waals surface area contributed by atoms with Crippen molar-refractivity contribution < 1.29 is 17.7 Å². The van der Waals surface area contributed by atoms with Crippen molar-refractivity contribution in [1.29, 1.82) is 0 Å². The lowest BCUT2D eigenvalue weighted by atomic mass is 10.1. The number of amidine groups is 1. The smallest absolute Gasteiger partial charge is 0.248 e. The third-order valence-corrected chi connectivity index (χ3v) is 3.11. The molecule has 0 aromatic heterocycles. The van der Waals surface area contributed by atoms with E-state index in [0.29, 0.717) is 12.5 Å². The summed E-state index contributed by atoms with van der Waals surface area (Å²) in [7, 11) is 0. The molecule has 0 aromatic carbocycles. The SMILES string of the molecule is CC1=[N+](C(C)C(F)(F)F)CNCN1C(C)(C)C. The lowest BCUT2D eigenvalue weighted by Crippen LogP contribution is -2.60. The number of halogens is 3. The molecular formula is C11H21F3N3+. The minimum absolute atomic E-state index is 0.193. The third kappa shape index (κ3) is 3.12. The van der Waals surface area contributed by atoms with E-state index in [9.17, 15) is 13.2 Å². The molecule has 1 atom stereocenters. The molecular weight excluding hydrogens is 231 g/mol. The molecule has 0 spiro atoms. The molecule has 1 aliphatic heterocycles. The molecule has 100 valence electrons. The molecule has 0 fully saturated rings. The Labute approximate surface area is 100 Å². The van der Waals surface area contributed by atoms with Crippen LogP contribution < -0.4 is 5.32 Å². The molecule has 17 heavy (non-hydrogen) atoms. The Kier molecular flexibility index (Phi) is 3.76. The third-order valence-electron chi connectivity index (χ3n) is 3.11. The molecule has 1 unspecified atom stereocenters. The lowest BCUT2D eigenvalue weighted by molar-refractivity contribution is -0.609. The van der Waals surface area contributed by atoms with Crippen LogP contribution in [-0.2, 0) is 0 Å². The first-order chi connectivity index (χ1) is 7.55. The Morgan fingerprint density at radius 3 is 2.24 bits per heavy atom. The first-order valence-electron chi connectivity index (χ1n) is 5.70. The van der Waals surface area contributed by atoms with Crippen LogP contribution in [0.4, 0.5) is 13.2 Å². The highest BCUT2D eigenvalue weighted by atomic mass is 19.4. The number of nitrogens with one attached hydrogen (secondary N) is 1. The van der Waals surface area contributed by atoms with E-state index in [-0.39, 0.29) is 12.2 Å². The second kappa shape index (κ2) is 4.48. The zero-order valence-electron chi connectivity index (χ0n) is 11.0. The van der Waals surface area contributed by atoms with Gasteiger partial charge in [-0.2, -0.15) is 13.2 Å². The maximum absolute atomic E-state index is 12.7. The summed E-state index contributed by atoms with van der Waals surface area (Å²) in [5, 5.41) is 3.01. The Balaban J connectivity index is 3.06. The average molecular weight is 252 g/mol. The summed E-state index contributed by atoms with van der Waals surface area (Å²) < 4.78 is 39.5. The van der Waals surface area contributed by atoms with E-state index < -0.39 is 12.2 Å². The fraction of sp³-hybridized carbons (Fsp3) is 0.909. The maximum atomic E-state index is 12.7. The van der Waals surface area contributed by atoms with Crippen LogP contribution >= 0.6 is 0 Å². The zero-order valence-corrected chi connectivity index (χ0v) is 11.0. The molecule has 0 radical (unpaired) electrons. The molecule has 0 aliphatic carbocycles. The Morgan fingerprint density at radius 1 is 1.29 bits per heavy atom. The molecule has 6 heteroatoms. The molecule has 1 aliphatic rings. The van der Waals surface area contributed by atoms with Crippen molar-refractivity contribution in [3.63, 3.8) is 0 Å². The standard InChI is InChI=1S/C11H21F3N3/c1-8(11(12,13)14)16-6-15-7-17(9(16)2)10(3,4)5/h8,15H,6-7H2,1-5H3/q+1. The minimum atomic E-state index is -4.20. The van der Waals surface area contributed by atoms with Gasteiger partial charge in [-0.25, -0.2) is 14.8 Å². The highest BCUT2D eigenvalue weighted by Crippen LogP contribution is 2.24. The van der Waals surface area contributed by atoms with Gasteiger partial charge in [0.15, 0.2) is 6.04 Å². The second-order valence-corrected chi connectivity index (χ2v) is 5.40. The van der Waals surface area contributed by atoms with Gasteiger partial charge in [-0.05, 0) is 27.7 Å². The van der Waals surface area contributed by atoms with Gasteiger partial charge in [0.1, 0.15) is 13.3 Å². The summed E-state index contributed by atoms with van der Waals surface area (Å²) in [6.45, 7) is 9.71. The van der Waals surface area contributed by atoms with Crippen LogP contribution in [0.5, 0.6) is 0 Å². The van der Waals surface area contributed by atoms with Crippen molar-refractivity contribution in [3.05, 3.63) is 0 Å². The Morgan fingerprint density at radius 2 is 1.82 bits per heavy atom. The van der Waals surface area contributed by atoms with Crippen LogP contribution in [0.15, 0.2) is 0 Å². The van der Waals surface area contributed by atoms with Gasteiger partial charge in [-0.1, -0.05) is 0 Å². The van der Waals surface area contributed by atoms with Crippen LogP contribution in [0.2, 0.25) is 0 Å². The van der Waals surface area contributed by atoms with Crippen LogP contribution in [0.1, 0.15) is 34.6 Å². The number of rotatable bonds is 1. The Hall–Kier alpha value is -0.780. The van der Waals surface area contributed by atoms with Crippen LogP contribution in [0, 0.1) is 0 Å². The topological polar surface area (TPSA) is 18.3 Å². The van der Waals surface area contributed by atoms with Crippen molar-refractivity contribution in [1.82, 2.24) is 10.2 Å². The van der Waals surface area contributed by atoms with E-state index in [1.54, 1.807) is 6.92 Å². The van der Waals surface area contributed by atoms with Gasteiger partial charge < -0.3 is 0 Å². The largest absolute Gasteiger partial charge is 0.428 e. The number of alkyl halides is 3. The van der Waals surface area contributed by atoms with E-state index >= 15 is 0 Å². The van der Waals surface area contributed by atoms with Crippen molar-refractivity contribution >= 4 is 5.84 Å². The maximum Gasteiger partial charge on any atom is 0.428 e. The van der Waals surface area contributed by atoms with Crippen molar-refractivity contribution in [2.75, 3.05) is 13.3 Å². The minimum Gasteiger partial charge on any atom is -0.248 e. The van der Waals surface area contributed by atoms with E-state index in [1.807, 2.05) is 25.7 Å². The fourth-order valence-corrected chi connectivity index (χ4v) is 1.98. The lowest BCUT2D eigenvalue weighted by Gasteiger charge is -2.36. The second-order valence-electron chi connectivity index (χ2n) is 5.40. The summed E-state index contributed by atoms with van der Waals surface area (Å²) in [4.78, 5) is 1.94. The number of nitrogens with zero attached hydrogens (tertiary/aromatic N) is 2. The summed E-state index contributed by atoms with van der Waals surface area (Å²) in [5.41, 5.74) is -0.193. The molecule has 0 saturated carbocycles. The fourth-order valence-electron chi connectivity index (χ4n) is 1.98. The first-order valence-corrected chi connectivity index (χ1v) is 5.70. The zero-order chi connectivity index (χ0) is 13.4.